The summed E-state index contributed by atoms with van der Waals surface area (Å²) >= 11 is 0. The monoisotopic (exact) mass is 160 g/mol. The number of hydrogen-bond acceptors (Lipinski definition) is 3. The van der Waals surface area contributed by atoms with E-state index in [0.29, 0.717) is 5.69 Å². The summed E-state index contributed by atoms with van der Waals surface area (Å²) in [6.07, 6.45) is 3.41. The van der Waals surface area contributed by atoms with Crippen molar-refractivity contribution in [3.63, 3.8) is 0 Å². The van der Waals surface area contributed by atoms with Crippen LogP contribution in [0.4, 0.5) is 0 Å². The van der Waals surface area contributed by atoms with E-state index < -0.39 is 0 Å². The third-order valence-corrected chi connectivity index (χ3v) is 1.71. The zero-order chi connectivity index (χ0) is 8.39. The van der Waals surface area contributed by atoms with Gasteiger partial charge in [0.05, 0.1) is 24.0 Å². The highest BCUT2D eigenvalue weighted by Crippen LogP contribution is 2.09. The minimum atomic E-state index is -0.0230. The van der Waals surface area contributed by atoms with Gasteiger partial charge in [-0.25, -0.2) is 4.98 Å². The van der Waals surface area contributed by atoms with Crippen LogP contribution >= 0.6 is 0 Å². The molecule has 2 rings (SSSR count). The third kappa shape index (κ3) is 1.14. The molecule has 0 aromatic carbocycles. The van der Waals surface area contributed by atoms with Crippen molar-refractivity contribution in [2.75, 3.05) is 0 Å². The van der Waals surface area contributed by atoms with Crippen LogP contribution in [0.3, 0.4) is 0 Å². The second-order valence-electron chi connectivity index (χ2n) is 2.53. The van der Waals surface area contributed by atoms with Crippen molar-refractivity contribution < 1.29 is 5.11 Å². The third-order valence-electron chi connectivity index (χ3n) is 1.71. The van der Waals surface area contributed by atoms with Crippen molar-refractivity contribution in [2.24, 2.45) is 0 Å². The van der Waals surface area contributed by atoms with E-state index in [0.717, 1.165) is 10.9 Å². The Hall–Kier alpha value is -1.48. The highest BCUT2D eigenvalue weighted by molar-refractivity contribution is 5.77. The first-order valence-corrected chi connectivity index (χ1v) is 3.70. The van der Waals surface area contributed by atoms with Crippen molar-refractivity contribution in [1.29, 1.82) is 0 Å². The average molecular weight is 160 g/mol. The van der Waals surface area contributed by atoms with Crippen LogP contribution in [0, 0.1) is 0 Å². The van der Waals surface area contributed by atoms with Crippen molar-refractivity contribution in [2.45, 2.75) is 6.61 Å². The Balaban J connectivity index is 2.67. The van der Waals surface area contributed by atoms with Gasteiger partial charge in [0, 0.05) is 11.6 Å². The molecule has 60 valence electrons. The first-order chi connectivity index (χ1) is 5.90. The van der Waals surface area contributed by atoms with Crippen LogP contribution in [0.2, 0.25) is 0 Å². The number of aliphatic hydroxyl groups excluding tert-OH is 1. The summed E-state index contributed by atoms with van der Waals surface area (Å²) < 4.78 is 0. The molecule has 2 aromatic heterocycles. The normalized spacial score (nSPS) is 10.4. The molecule has 0 aliphatic rings. The average Bonchev–Trinajstić information content (AvgIpc) is 2.17. The zero-order valence-electron chi connectivity index (χ0n) is 6.44. The van der Waals surface area contributed by atoms with Gasteiger partial charge >= 0.3 is 0 Å². The molecule has 0 aliphatic carbocycles. The minimum absolute atomic E-state index is 0.0230. The van der Waals surface area contributed by atoms with Gasteiger partial charge in [-0.2, -0.15) is 0 Å². The zero-order valence-corrected chi connectivity index (χ0v) is 6.44. The molecule has 2 aromatic rings. The Morgan fingerprint density at radius 3 is 3.00 bits per heavy atom. The second-order valence-corrected chi connectivity index (χ2v) is 2.53. The molecule has 0 fully saturated rings. The Kier molecular flexibility index (Phi) is 1.72. The van der Waals surface area contributed by atoms with Crippen LogP contribution in [0.25, 0.3) is 10.9 Å². The molecule has 0 saturated carbocycles. The molecular weight excluding hydrogens is 152 g/mol. The lowest BCUT2D eigenvalue weighted by Crippen LogP contribution is -1.89. The predicted octanol–water partition coefficient (Wildman–Crippen LogP) is 1.12. The molecule has 0 radical (unpaired) electrons. The van der Waals surface area contributed by atoms with E-state index in [1.807, 2.05) is 18.2 Å². The summed E-state index contributed by atoms with van der Waals surface area (Å²) in [5.74, 6) is 0. The molecular formula is C9H8N2O. The maximum atomic E-state index is 8.81. The van der Waals surface area contributed by atoms with Gasteiger partial charge in [0.25, 0.3) is 0 Å². The number of hydrogen-bond donors (Lipinski definition) is 1. The van der Waals surface area contributed by atoms with Crippen LogP contribution in [0.1, 0.15) is 5.69 Å². The molecule has 0 bridgehead atoms. The predicted molar refractivity (Wildman–Crippen MR) is 45.5 cm³/mol. The number of aliphatic hydroxyl groups is 1. The summed E-state index contributed by atoms with van der Waals surface area (Å²) in [4.78, 5) is 8.13. The Morgan fingerprint density at radius 1 is 1.25 bits per heavy atom. The van der Waals surface area contributed by atoms with Crippen LogP contribution in [0.5, 0.6) is 0 Å². The fourth-order valence-corrected chi connectivity index (χ4v) is 1.10. The van der Waals surface area contributed by atoms with Crippen LogP contribution in [-0.4, -0.2) is 15.1 Å². The largest absolute Gasteiger partial charge is 0.390 e. The molecule has 3 nitrogen and oxygen atoms in total. The van der Waals surface area contributed by atoms with Crippen LogP contribution < -0.4 is 0 Å². The van der Waals surface area contributed by atoms with Crippen LogP contribution in [0.15, 0.2) is 30.6 Å². The lowest BCUT2D eigenvalue weighted by molar-refractivity contribution is 0.277. The van der Waals surface area contributed by atoms with Crippen molar-refractivity contribution in [3.05, 3.63) is 36.3 Å². The van der Waals surface area contributed by atoms with Gasteiger partial charge in [0.15, 0.2) is 0 Å². The van der Waals surface area contributed by atoms with Crippen molar-refractivity contribution in [1.82, 2.24) is 9.97 Å². The maximum absolute atomic E-state index is 8.81. The van der Waals surface area contributed by atoms with E-state index in [9.17, 15) is 0 Å². The van der Waals surface area contributed by atoms with E-state index in [4.69, 9.17) is 5.11 Å². The molecule has 0 spiro atoms. The Labute approximate surface area is 69.7 Å². The highest BCUT2D eigenvalue weighted by Gasteiger charge is 1.95. The maximum Gasteiger partial charge on any atom is 0.0889 e. The number of pyridine rings is 2. The van der Waals surface area contributed by atoms with Gasteiger partial charge in [-0.1, -0.05) is 6.07 Å². The molecule has 0 amide bonds. The lowest BCUT2D eigenvalue weighted by atomic mass is 10.2. The quantitative estimate of drug-likeness (QED) is 0.680. The van der Waals surface area contributed by atoms with Gasteiger partial charge < -0.3 is 5.11 Å². The summed E-state index contributed by atoms with van der Waals surface area (Å²) in [5, 5.41) is 9.86. The molecule has 0 saturated heterocycles. The van der Waals surface area contributed by atoms with Gasteiger partial charge in [-0.3, -0.25) is 4.98 Å². The summed E-state index contributed by atoms with van der Waals surface area (Å²) in [6.45, 7) is -0.0230. The summed E-state index contributed by atoms with van der Waals surface area (Å²) in [6, 6.07) is 5.63. The first-order valence-electron chi connectivity index (χ1n) is 3.70. The SMILES string of the molecule is OCc1ccc2ccncc2n1. The van der Waals surface area contributed by atoms with E-state index >= 15 is 0 Å². The smallest absolute Gasteiger partial charge is 0.0889 e. The number of fused-ring (bicyclic) bond motifs is 1. The molecule has 0 unspecified atom stereocenters. The minimum Gasteiger partial charge on any atom is -0.390 e. The van der Waals surface area contributed by atoms with Crippen molar-refractivity contribution in [3.8, 4) is 0 Å². The van der Waals surface area contributed by atoms with E-state index in [1.54, 1.807) is 12.4 Å². The molecule has 1 N–H and O–H groups in total. The second kappa shape index (κ2) is 2.87. The molecule has 0 aliphatic heterocycles. The van der Waals surface area contributed by atoms with E-state index in [2.05, 4.69) is 9.97 Å². The standard InChI is InChI=1S/C9H8N2O/c12-6-8-2-1-7-3-4-10-5-9(7)11-8/h1-5,12H,6H2. The van der Waals surface area contributed by atoms with Gasteiger partial charge in [-0.15, -0.1) is 0 Å². The van der Waals surface area contributed by atoms with Gasteiger partial charge in [-0.05, 0) is 12.1 Å². The van der Waals surface area contributed by atoms with E-state index in [1.165, 1.54) is 0 Å². The summed E-state index contributed by atoms with van der Waals surface area (Å²) in [7, 11) is 0. The fourth-order valence-electron chi connectivity index (χ4n) is 1.10. The van der Waals surface area contributed by atoms with Crippen molar-refractivity contribution >= 4 is 10.9 Å². The molecule has 2 heterocycles. The van der Waals surface area contributed by atoms with Gasteiger partial charge in [0.2, 0.25) is 0 Å². The lowest BCUT2D eigenvalue weighted by Gasteiger charge is -1.97. The Morgan fingerprint density at radius 2 is 2.17 bits per heavy atom. The van der Waals surface area contributed by atoms with Crippen LogP contribution in [-0.2, 0) is 6.61 Å². The van der Waals surface area contributed by atoms with E-state index in [-0.39, 0.29) is 6.61 Å². The first kappa shape index (κ1) is 7.18. The molecule has 12 heavy (non-hydrogen) atoms. The topological polar surface area (TPSA) is 46.0 Å². The number of rotatable bonds is 1. The van der Waals surface area contributed by atoms with Gasteiger partial charge in [0.1, 0.15) is 0 Å². The molecule has 0 atom stereocenters. The highest BCUT2D eigenvalue weighted by atomic mass is 16.3. The number of nitrogens with zero attached hydrogens (tertiary/aromatic N) is 2. The Bertz CT molecular complexity index is 400. The number of aromatic nitrogens is 2. The summed E-state index contributed by atoms with van der Waals surface area (Å²) in [5.41, 5.74) is 1.50. The fraction of sp³-hybridized carbons (Fsp3) is 0.111. The molecule has 3 heteroatoms.